The standard InChI is InChI=1S/C13H18F3NO2/c1-9(2)18-5-6-19-12-4-3-11(13(14,15)16)7-10(12)8-17/h3-4,7,9H,5-6,8,17H2,1-2H3. The van der Waals surface area contributed by atoms with Crippen LogP contribution >= 0.6 is 0 Å². The van der Waals surface area contributed by atoms with Crippen molar-refractivity contribution >= 4 is 0 Å². The minimum atomic E-state index is -4.37. The zero-order chi connectivity index (χ0) is 14.5. The highest BCUT2D eigenvalue weighted by Crippen LogP contribution is 2.32. The number of halogens is 3. The molecule has 1 aromatic carbocycles. The molecule has 6 heteroatoms. The van der Waals surface area contributed by atoms with Crippen LogP contribution in [0.4, 0.5) is 13.2 Å². The smallest absolute Gasteiger partial charge is 0.416 e. The van der Waals surface area contributed by atoms with Gasteiger partial charge in [-0.2, -0.15) is 13.2 Å². The molecule has 0 aliphatic carbocycles. The van der Waals surface area contributed by atoms with Crippen LogP contribution in [0.3, 0.4) is 0 Å². The minimum Gasteiger partial charge on any atom is -0.491 e. The Bertz CT molecular complexity index is 405. The fourth-order valence-electron chi connectivity index (χ4n) is 1.49. The van der Waals surface area contributed by atoms with Gasteiger partial charge >= 0.3 is 6.18 Å². The third-order valence-electron chi connectivity index (χ3n) is 2.40. The van der Waals surface area contributed by atoms with E-state index in [1.165, 1.54) is 6.07 Å². The molecule has 0 aliphatic heterocycles. The predicted molar refractivity (Wildman–Crippen MR) is 65.9 cm³/mol. The van der Waals surface area contributed by atoms with E-state index in [4.69, 9.17) is 15.2 Å². The summed E-state index contributed by atoms with van der Waals surface area (Å²) in [7, 11) is 0. The summed E-state index contributed by atoms with van der Waals surface area (Å²) in [6.07, 6.45) is -4.28. The van der Waals surface area contributed by atoms with Crippen molar-refractivity contribution in [1.82, 2.24) is 0 Å². The van der Waals surface area contributed by atoms with E-state index >= 15 is 0 Å². The van der Waals surface area contributed by atoms with Gasteiger partial charge in [0.05, 0.1) is 18.3 Å². The molecule has 0 bridgehead atoms. The Kier molecular flexibility index (Phi) is 5.62. The van der Waals surface area contributed by atoms with Crippen molar-refractivity contribution in [2.45, 2.75) is 32.7 Å². The molecule has 0 unspecified atom stereocenters. The molecule has 2 N–H and O–H groups in total. The summed E-state index contributed by atoms with van der Waals surface area (Å²) in [4.78, 5) is 0. The number of hydrogen-bond acceptors (Lipinski definition) is 3. The lowest BCUT2D eigenvalue weighted by atomic mass is 10.1. The number of hydrogen-bond donors (Lipinski definition) is 1. The lowest BCUT2D eigenvalue weighted by molar-refractivity contribution is -0.137. The molecule has 0 saturated carbocycles. The van der Waals surface area contributed by atoms with Gasteiger partial charge in [0.25, 0.3) is 0 Å². The Labute approximate surface area is 110 Å². The lowest BCUT2D eigenvalue weighted by Gasteiger charge is -2.14. The molecule has 108 valence electrons. The molecule has 19 heavy (non-hydrogen) atoms. The Balaban J connectivity index is 2.69. The maximum absolute atomic E-state index is 12.5. The molecule has 0 aromatic heterocycles. The monoisotopic (exact) mass is 277 g/mol. The van der Waals surface area contributed by atoms with Crippen LogP contribution in [0, 0.1) is 0 Å². The largest absolute Gasteiger partial charge is 0.491 e. The summed E-state index contributed by atoms with van der Waals surface area (Å²) in [5, 5.41) is 0. The van der Waals surface area contributed by atoms with Crippen LogP contribution in [0.2, 0.25) is 0 Å². The van der Waals surface area contributed by atoms with Gasteiger partial charge in [-0.15, -0.1) is 0 Å². The molecule has 0 heterocycles. The van der Waals surface area contributed by atoms with Crippen LogP contribution in [-0.2, 0) is 17.5 Å². The third kappa shape index (κ3) is 5.08. The molecule has 0 saturated heterocycles. The number of ether oxygens (including phenoxy) is 2. The van der Waals surface area contributed by atoms with Crippen molar-refractivity contribution in [3.05, 3.63) is 29.3 Å². The Morgan fingerprint density at radius 3 is 2.42 bits per heavy atom. The van der Waals surface area contributed by atoms with Gasteiger partial charge in [0.1, 0.15) is 12.4 Å². The second kappa shape index (κ2) is 6.77. The van der Waals surface area contributed by atoms with Gasteiger partial charge in [-0.1, -0.05) is 0 Å². The quantitative estimate of drug-likeness (QED) is 0.813. The molecule has 0 radical (unpaired) electrons. The highest BCUT2D eigenvalue weighted by atomic mass is 19.4. The van der Waals surface area contributed by atoms with E-state index < -0.39 is 11.7 Å². The second-order valence-corrected chi connectivity index (χ2v) is 4.29. The third-order valence-corrected chi connectivity index (χ3v) is 2.40. The first-order valence-corrected chi connectivity index (χ1v) is 5.99. The first kappa shape index (κ1) is 15.8. The molecule has 1 aromatic rings. The van der Waals surface area contributed by atoms with Crippen LogP contribution in [0.1, 0.15) is 25.0 Å². The van der Waals surface area contributed by atoms with Gasteiger partial charge in [0.15, 0.2) is 0 Å². The summed E-state index contributed by atoms with van der Waals surface area (Å²) in [6, 6.07) is 3.29. The van der Waals surface area contributed by atoms with E-state index in [1.54, 1.807) is 0 Å². The average molecular weight is 277 g/mol. The highest BCUT2D eigenvalue weighted by Gasteiger charge is 2.30. The molecular weight excluding hydrogens is 259 g/mol. The zero-order valence-electron chi connectivity index (χ0n) is 11.0. The normalized spacial score (nSPS) is 11.9. The first-order valence-electron chi connectivity index (χ1n) is 5.99. The summed E-state index contributed by atoms with van der Waals surface area (Å²) in [6.45, 7) is 4.43. The summed E-state index contributed by atoms with van der Waals surface area (Å²) < 4.78 is 48.2. The van der Waals surface area contributed by atoms with Crippen LogP contribution < -0.4 is 10.5 Å². The highest BCUT2D eigenvalue weighted by molar-refractivity contribution is 5.38. The van der Waals surface area contributed by atoms with Crippen molar-refractivity contribution in [2.75, 3.05) is 13.2 Å². The van der Waals surface area contributed by atoms with Crippen molar-refractivity contribution in [2.24, 2.45) is 5.73 Å². The number of nitrogens with two attached hydrogens (primary N) is 1. The van der Waals surface area contributed by atoms with Crippen molar-refractivity contribution in [1.29, 1.82) is 0 Å². The minimum absolute atomic E-state index is 0.00963. The zero-order valence-corrected chi connectivity index (χ0v) is 11.0. The molecule has 0 atom stereocenters. The molecular formula is C13H18F3NO2. The predicted octanol–water partition coefficient (Wildman–Crippen LogP) is 2.97. The molecule has 0 aliphatic rings. The molecule has 1 rings (SSSR count). The molecule has 3 nitrogen and oxygen atoms in total. The number of benzene rings is 1. The number of alkyl halides is 3. The second-order valence-electron chi connectivity index (χ2n) is 4.29. The van der Waals surface area contributed by atoms with E-state index in [-0.39, 0.29) is 19.3 Å². The van der Waals surface area contributed by atoms with Crippen molar-refractivity contribution in [3.8, 4) is 5.75 Å². The first-order chi connectivity index (χ1) is 8.84. The molecule has 0 fully saturated rings. The van der Waals surface area contributed by atoms with Crippen LogP contribution in [-0.4, -0.2) is 19.3 Å². The molecule has 0 spiro atoms. The average Bonchev–Trinajstić information content (AvgIpc) is 2.33. The van der Waals surface area contributed by atoms with E-state index in [2.05, 4.69) is 0 Å². The Hall–Kier alpha value is -1.27. The maximum atomic E-state index is 12.5. The fraction of sp³-hybridized carbons (Fsp3) is 0.538. The van der Waals surface area contributed by atoms with Crippen LogP contribution in [0.15, 0.2) is 18.2 Å². The maximum Gasteiger partial charge on any atom is 0.416 e. The lowest BCUT2D eigenvalue weighted by Crippen LogP contribution is -2.13. The van der Waals surface area contributed by atoms with Gasteiger partial charge in [-0.3, -0.25) is 0 Å². The van der Waals surface area contributed by atoms with E-state index in [1.807, 2.05) is 13.8 Å². The fourth-order valence-corrected chi connectivity index (χ4v) is 1.49. The van der Waals surface area contributed by atoms with Gasteiger partial charge in [0.2, 0.25) is 0 Å². The topological polar surface area (TPSA) is 44.5 Å². The summed E-state index contributed by atoms with van der Waals surface area (Å²) in [5.74, 6) is 0.364. The van der Waals surface area contributed by atoms with Crippen molar-refractivity contribution in [3.63, 3.8) is 0 Å². The van der Waals surface area contributed by atoms with E-state index in [0.29, 0.717) is 17.9 Å². The van der Waals surface area contributed by atoms with Gasteiger partial charge in [0, 0.05) is 12.1 Å². The van der Waals surface area contributed by atoms with E-state index in [0.717, 1.165) is 12.1 Å². The van der Waals surface area contributed by atoms with Crippen molar-refractivity contribution < 1.29 is 22.6 Å². The van der Waals surface area contributed by atoms with Gasteiger partial charge in [-0.25, -0.2) is 0 Å². The number of rotatable bonds is 6. The van der Waals surface area contributed by atoms with Crippen LogP contribution in [0.5, 0.6) is 5.75 Å². The Morgan fingerprint density at radius 2 is 1.89 bits per heavy atom. The Morgan fingerprint density at radius 1 is 1.21 bits per heavy atom. The summed E-state index contributed by atoms with van der Waals surface area (Å²) >= 11 is 0. The summed E-state index contributed by atoms with van der Waals surface area (Å²) in [5.41, 5.74) is 5.05. The molecule has 0 amide bonds. The van der Waals surface area contributed by atoms with Gasteiger partial charge < -0.3 is 15.2 Å². The van der Waals surface area contributed by atoms with Crippen LogP contribution in [0.25, 0.3) is 0 Å². The SMILES string of the molecule is CC(C)OCCOc1ccc(C(F)(F)F)cc1CN. The van der Waals surface area contributed by atoms with E-state index in [9.17, 15) is 13.2 Å². The van der Waals surface area contributed by atoms with Gasteiger partial charge in [-0.05, 0) is 32.0 Å².